The summed E-state index contributed by atoms with van der Waals surface area (Å²) >= 11 is 1.53. The standard InChI is InChI=1S/C21H17FN4OS/c1-25-10-16(14-3-2-6-23-20(14)25)18-12-28-21(24-18)17-11-26(7-8-27)19-5-4-13(22)9-15(17)19/h2-6,9-12,27H,7-8H2,1H3. The molecular weight excluding hydrogens is 375 g/mol. The van der Waals surface area contributed by atoms with Gasteiger partial charge in [0.25, 0.3) is 0 Å². The van der Waals surface area contributed by atoms with Crippen molar-refractivity contribution in [2.75, 3.05) is 6.61 Å². The van der Waals surface area contributed by atoms with Gasteiger partial charge in [-0.15, -0.1) is 11.3 Å². The van der Waals surface area contributed by atoms with E-state index < -0.39 is 0 Å². The first-order chi connectivity index (χ1) is 13.7. The highest BCUT2D eigenvalue weighted by Crippen LogP contribution is 2.37. The van der Waals surface area contributed by atoms with Gasteiger partial charge in [-0.2, -0.15) is 0 Å². The molecule has 1 N–H and O–H groups in total. The molecule has 1 aromatic carbocycles. The van der Waals surface area contributed by atoms with Crippen molar-refractivity contribution >= 4 is 33.3 Å². The quantitative estimate of drug-likeness (QED) is 0.492. The van der Waals surface area contributed by atoms with Crippen LogP contribution < -0.4 is 0 Å². The third-order valence-corrected chi connectivity index (χ3v) is 5.80. The van der Waals surface area contributed by atoms with E-state index in [1.807, 2.05) is 46.1 Å². The Morgan fingerprint density at radius 2 is 2.04 bits per heavy atom. The van der Waals surface area contributed by atoms with Gasteiger partial charge >= 0.3 is 0 Å². The third-order valence-electron chi connectivity index (χ3n) is 4.93. The molecule has 0 saturated heterocycles. The maximum Gasteiger partial charge on any atom is 0.140 e. The lowest BCUT2D eigenvalue weighted by Gasteiger charge is -2.01. The average molecular weight is 392 g/mol. The molecule has 4 heterocycles. The second-order valence-corrected chi connectivity index (χ2v) is 7.55. The number of hydrogen-bond donors (Lipinski definition) is 1. The molecule has 0 aliphatic rings. The number of pyridine rings is 1. The fraction of sp³-hybridized carbons (Fsp3) is 0.143. The molecule has 0 unspecified atom stereocenters. The molecule has 4 aromatic heterocycles. The molecule has 0 amide bonds. The van der Waals surface area contributed by atoms with Crippen LogP contribution in [0.15, 0.2) is 54.3 Å². The molecule has 7 heteroatoms. The summed E-state index contributed by atoms with van der Waals surface area (Å²) in [6.45, 7) is 0.474. The summed E-state index contributed by atoms with van der Waals surface area (Å²) in [7, 11) is 1.97. The van der Waals surface area contributed by atoms with Crippen LogP contribution in [0.4, 0.5) is 4.39 Å². The molecule has 0 saturated carbocycles. The molecular formula is C21H17FN4OS. The zero-order valence-electron chi connectivity index (χ0n) is 15.1. The Balaban J connectivity index is 1.66. The van der Waals surface area contributed by atoms with E-state index >= 15 is 0 Å². The van der Waals surface area contributed by atoms with Crippen molar-refractivity contribution in [3.63, 3.8) is 0 Å². The predicted molar refractivity (Wildman–Crippen MR) is 110 cm³/mol. The summed E-state index contributed by atoms with van der Waals surface area (Å²) in [6.07, 6.45) is 5.75. The zero-order valence-corrected chi connectivity index (χ0v) is 15.9. The summed E-state index contributed by atoms with van der Waals surface area (Å²) in [4.78, 5) is 9.28. The van der Waals surface area contributed by atoms with Crippen LogP contribution in [0.2, 0.25) is 0 Å². The Bertz CT molecular complexity index is 1320. The molecule has 5 aromatic rings. The average Bonchev–Trinajstić information content (AvgIpc) is 3.39. The van der Waals surface area contributed by atoms with Crippen LogP contribution in [-0.2, 0) is 13.6 Å². The number of aryl methyl sites for hydroxylation is 1. The van der Waals surface area contributed by atoms with Gasteiger partial charge in [-0.05, 0) is 30.3 Å². The Labute approximate surface area is 164 Å². The van der Waals surface area contributed by atoms with Gasteiger partial charge in [-0.3, -0.25) is 0 Å². The van der Waals surface area contributed by atoms with E-state index in [0.717, 1.165) is 43.8 Å². The van der Waals surface area contributed by atoms with E-state index in [1.54, 1.807) is 12.3 Å². The molecule has 140 valence electrons. The molecule has 0 radical (unpaired) electrons. The first kappa shape index (κ1) is 17.1. The molecule has 0 atom stereocenters. The van der Waals surface area contributed by atoms with Gasteiger partial charge in [-0.25, -0.2) is 14.4 Å². The van der Waals surface area contributed by atoms with E-state index in [-0.39, 0.29) is 12.4 Å². The number of rotatable bonds is 4. The molecule has 0 fully saturated rings. The summed E-state index contributed by atoms with van der Waals surface area (Å²) < 4.78 is 17.8. The number of fused-ring (bicyclic) bond motifs is 2. The number of aliphatic hydroxyl groups is 1. The highest BCUT2D eigenvalue weighted by molar-refractivity contribution is 7.13. The SMILES string of the molecule is Cn1cc(-c2csc(-c3cn(CCO)c4ccc(F)cc34)n2)c2cccnc21. The van der Waals surface area contributed by atoms with Gasteiger partial charge in [0, 0.05) is 65.0 Å². The fourth-order valence-electron chi connectivity index (χ4n) is 3.67. The molecule has 0 aliphatic heterocycles. The van der Waals surface area contributed by atoms with Crippen molar-refractivity contribution in [3.8, 4) is 21.8 Å². The molecule has 0 spiro atoms. The smallest absolute Gasteiger partial charge is 0.140 e. The normalized spacial score (nSPS) is 11.7. The predicted octanol–water partition coefficient (Wildman–Crippen LogP) is 4.45. The molecule has 0 bridgehead atoms. The van der Waals surface area contributed by atoms with Crippen LogP contribution in [0.5, 0.6) is 0 Å². The number of aliphatic hydroxyl groups excluding tert-OH is 1. The van der Waals surface area contributed by atoms with Crippen LogP contribution in [0.25, 0.3) is 43.8 Å². The van der Waals surface area contributed by atoms with Crippen molar-refractivity contribution in [3.05, 3.63) is 60.1 Å². The van der Waals surface area contributed by atoms with E-state index in [2.05, 4.69) is 4.98 Å². The fourth-order valence-corrected chi connectivity index (χ4v) is 4.51. The number of nitrogens with zero attached hydrogens (tertiary/aromatic N) is 4. The highest BCUT2D eigenvalue weighted by atomic mass is 32.1. The van der Waals surface area contributed by atoms with Crippen molar-refractivity contribution in [1.82, 2.24) is 19.1 Å². The Kier molecular flexibility index (Phi) is 3.99. The molecule has 28 heavy (non-hydrogen) atoms. The Hall–Kier alpha value is -3.03. The van der Waals surface area contributed by atoms with Gasteiger partial charge in [-0.1, -0.05) is 0 Å². The second-order valence-electron chi connectivity index (χ2n) is 6.69. The number of aromatic nitrogens is 4. The lowest BCUT2D eigenvalue weighted by Crippen LogP contribution is -1.99. The van der Waals surface area contributed by atoms with E-state index in [4.69, 9.17) is 4.98 Å². The third kappa shape index (κ3) is 2.63. The van der Waals surface area contributed by atoms with Crippen molar-refractivity contribution in [2.45, 2.75) is 6.54 Å². The molecule has 5 nitrogen and oxygen atoms in total. The number of thiazole rings is 1. The first-order valence-electron chi connectivity index (χ1n) is 8.91. The summed E-state index contributed by atoms with van der Waals surface area (Å²) in [5, 5.41) is 14.0. The van der Waals surface area contributed by atoms with Crippen LogP contribution >= 0.6 is 11.3 Å². The van der Waals surface area contributed by atoms with Crippen LogP contribution in [0, 0.1) is 5.82 Å². The summed E-state index contributed by atoms with van der Waals surface area (Å²) in [5.41, 5.74) is 4.57. The van der Waals surface area contributed by atoms with Gasteiger partial charge in [0.05, 0.1) is 12.3 Å². The summed E-state index contributed by atoms with van der Waals surface area (Å²) in [5.74, 6) is -0.285. The van der Waals surface area contributed by atoms with Gasteiger partial charge in [0.1, 0.15) is 16.5 Å². The lowest BCUT2D eigenvalue weighted by atomic mass is 10.1. The Morgan fingerprint density at radius 1 is 1.14 bits per heavy atom. The van der Waals surface area contributed by atoms with Crippen LogP contribution in [0.3, 0.4) is 0 Å². The molecule has 0 aliphatic carbocycles. The van der Waals surface area contributed by atoms with E-state index in [9.17, 15) is 9.50 Å². The maximum absolute atomic E-state index is 13.9. The van der Waals surface area contributed by atoms with Gasteiger partial charge in [0.15, 0.2) is 0 Å². The zero-order chi connectivity index (χ0) is 19.3. The minimum atomic E-state index is -0.285. The van der Waals surface area contributed by atoms with E-state index in [1.165, 1.54) is 23.5 Å². The topological polar surface area (TPSA) is 55.9 Å². The van der Waals surface area contributed by atoms with Crippen molar-refractivity contribution < 1.29 is 9.50 Å². The monoisotopic (exact) mass is 392 g/mol. The second kappa shape index (κ2) is 6.54. The number of halogens is 1. The summed E-state index contributed by atoms with van der Waals surface area (Å²) in [6, 6.07) is 8.68. The van der Waals surface area contributed by atoms with Crippen LogP contribution in [0.1, 0.15) is 0 Å². The highest BCUT2D eigenvalue weighted by Gasteiger charge is 2.17. The first-order valence-corrected chi connectivity index (χ1v) is 9.79. The van der Waals surface area contributed by atoms with Gasteiger partial charge < -0.3 is 14.2 Å². The minimum absolute atomic E-state index is 0.0206. The van der Waals surface area contributed by atoms with E-state index in [0.29, 0.717) is 6.54 Å². The lowest BCUT2D eigenvalue weighted by molar-refractivity contribution is 0.278. The van der Waals surface area contributed by atoms with Crippen LogP contribution in [-0.4, -0.2) is 30.8 Å². The van der Waals surface area contributed by atoms with Crippen molar-refractivity contribution in [2.24, 2.45) is 7.05 Å². The minimum Gasteiger partial charge on any atom is -0.395 e. The van der Waals surface area contributed by atoms with Gasteiger partial charge in [0.2, 0.25) is 0 Å². The molecule has 5 rings (SSSR count). The largest absolute Gasteiger partial charge is 0.395 e. The maximum atomic E-state index is 13.9. The Morgan fingerprint density at radius 3 is 2.89 bits per heavy atom. The van der Waals surface area contributed by atoms with Crippen molar-refractivity contribution in [1.29, 1.82) is 0 Å². The number of benzene rings is 1. The number of hydrogen-bond acceptors (Lipinski definition) is 4.